The third kappa shape index (κ3) is 3.99. The lowest BCUT2D eigenvalue weighted by Crippen LogP contribution is -2.52. The van der Waals surface area contributed by atoms with Gasteiger partial charge in [0.15, 0.2) is 6.10 Å². The summed E-state index contributed by atoms with van der Waals surface area (Å²) in [6, 6.07) is 12.0. The van der Waals surface area contributed by atoms with Gasteiger partial charge in [-0.15, -0.1) is 0 Å². The number of hydrogen-bond donors (Lipinski definition) is 1. The van der Waals surface area contributed by atoms with Crippen LogP contribution in [0.5, 0.6) is 5.75 Å². The maximum atomic E-state index is 13.3. The molecule has 0 saturated heterocycles. The summed E-state index contributed by atoms with van der Waals surface area (Å²) in [7, 11) is -3.83. The lowest BCUT2D eigenvalue weighted by atomic mass is 10.1. The van der Waals surface area contributed by atoms with Crippen molar-refractivity contribution in [2.24, 2.45) is 0 Å². The molecule has 0 aliphatic carbocycles. The fraction of sp³-hybridized carbons (Fsp3) is 0.381. The van der Waals surface area contributed by atoms with E-state index in [2.05, 4.69) is 5.32 Å². The summed E-state index contributed by atoms with van der Waals surface area (Å²) in [4.78, 5) is 12.8. The smallest absolute Gasteiger partial charge is 0.264 e. The molecule has 0 fully saturated rings. The summed E-state index contributed by atoms with van der Waals surface area (Å²) < 4.78 is 33.8. The first-order chi connectivity index (χ1) is 13.2. The number of rotatable bonds is 5. The van der Waals surface area contributed by atoms with Crippen molar-refractivity contribution >= 4 is 21.6 Å². The van der Waals surface area contributed by atoms with E-state index in [1.165, 1.54) is 4.31 Å². The molecular formula is C21H26N2O4S. The zero-order chi connectivity index (χ0) is 20.5. The highest BCUT2D eigenvalue weighted by molar-refractivity contribution is 7.92. The van der Waals surface area contributed by atoms with Crippen LogP contribution in [0.2, 0.25) is 0 Å². The van der Waals surface area contributed by atoms with Crippen LogP contribution in [0.4, 0.5) is 5.69 Å². The number of anilines is 1. The molecule has 0 unspecified atom stereocenters. The Labute approximate surface area is 166 Å². The van der Waals surface area contributed by atoms with Crippen molar-refractivity contribution in [1.82, 2.24) is 5.32 Å². The summed E-state index contributed by atoms with van der Waals surface area (Å²) in [5, 5.41) is 2.88. The molecule has 1 N–H and O–H groups in total. The highest BCUT2D eigenvalue weighted by atomic mass is 32.2. The number of nitrogens with one attached hydrogen (secondary N) is 1. The van der Waals surface area contributed by atoms with Gasteiger partial charge in [-0.05, 0) is 57.0 Å². The Kier molecular flexibility index (Phi) is 5.65. The maximum absolute atomic E-state index is 13.3. The summed E-state index contributed by atoms with van der Waals surface area (Å²) in [6.45, 7) is 7.59. The number of carbonyl (C=O) groups excluding carboxylic acids is 1. The fourth-order valence-corrected chi connectivity index (χ4v) is 4.48. The van der Waals surface area contributed by atoms with E-state index in [1.807, 2.05) is 33.8 Å². The van der Waals surface area contributed by atoms with E-state index in [9.17, 15) is 13.2 Å². The van der Waals surface area contributed by atoms with E-state index in [0.29, 0.717) is 11.4 Å². The highest BCUT2D eigenvalue weighted by Gasteiger charge is 2.37. The van der Waals surface area contributed by atoms with Crippen LogP contribution in [0.1, 0.15) is 31.4 Å². The third-order valence-electron chi connectivity index (χ3n) is 4.89. The second kappa shape index (κ2) is 7.83. The van der Waals surface area contributed by atoms with Gasteiger partial charge in [0.1, 0.15) is 5.75 Å². The molecule has 7 heteroatoms. The predicted octanol–water partition coefficient (Wildman–Crippen LogP) is 3.17. The lowest BCUT2D eigenvalue weighted by molar-refractivity contribution is -0.128. The van der Waals surface area contributed by atoms with Gasteiger partial charge >= 0.3 is 0 Å². The molecule has 0 saturated carbocycles. The molecule has 1 aliphatic rings. The van der Waals surface area contributed by atoms with Gasteiger partial charge < -0.3 is 10.1 Å². The second-order valence-electron chi connectivity index (χ2n) is 7.24. The van der Waals surface area contributed by atoms with Crippen molar-refractivity contribution in [2.75, 3.05) is 10.8 Å². The first-order valence-electron chi connectivity index (χ1n) is 9.39. The number of aryl methyl sites for hydroxylation is 2. The number of fused-ring (bicyclic) bond motifs is 1. The van der Waals surface area contributed by atoms with Crippen LogP contribution in [-0.2, 0) is 14.8 Å². The van der Waals surface area contributed by atoms with E-state index in [-0.39, 0.29) is 23.4 Å². The van der Waals surface area contributed by atoms with Crippen LogP contribution in [0.25, 0.3) is 0 Å². The van der Waals surface area contributed by atoms with Gasteiger partial charge in [0.2, 0.25) is 0 Å². The average molecular weight is 403 g/mol. The molecule has 2 atom stereocenters. The molecule has 0 bridgehead atoms. The molecule has 6 nitrogen and oxygen atoms in total. The maximum Gasteiger partial charge on any atom is 0.264 e. The Bertz CT molecular complexity index is 970. The van der Waals surface area contributed by atoms with Crippen molar-refractivity contribution < 1.29 is 17.9 Å². The number of hydrogen-bond acceptors (Lipinski definition) is 4. The number of carbonyl (C=O) groups is 1. The zero-order valence-corrected chi connectivity index (χ0v) is 17.4. The van der Waals surface area contributed by atoms with Crippen LogP contribution in [0, 0.1) is 13.8 Å². The van der Waals surface area contributed by atoms with Crippen LogP contribution >= 0.6 is 0 Å². The number of ether oxygens (including phenoxy) is 1. The molecule has 1 heterocycles. The number of sulfonamides is 1. The standard InChI is InChI=1S/C21H26N2O4S/c1-5-16(4)22-21(24)20-13-23(18-11-8-15(3)12-19(18)27-20)28(25,26)17-9-6-14(2)7-10-17/h6-12,16,20H,5,13H2,1-4H3,(H,22,24)/t16-,20-/m1/s1. The van der Waals surface area contributed by atoms with Gasteiger partial charge in [0, 0.05) is 6.04 Å². The molecule has 3 rings (SSSR count). The Balaban J connectivity index is 2.01. The normalized spacial score (nSPS) is 17.4. The molecule has 150 valence electrons. The molecule has 28 heavy (non-hydrogen) atoms. The molecule has 0 spiro atoms. The largest absolute Gasteiger partial charge is 0.476 e. The fourth-order valence-electron chi connectivity index (χ4n) is 3.00. The average Bonchev–Trinajstić information content (AvgIpc) is 2.66. The van der Waals surface area contributed by atoms with Gasteiger partial charge in [-0.25, -0.2) is 8.42 Å². The molecule has 2 aromatic rings. The molecule has 1 aliphatic heterocycles. The Morgan fingerprint density at radius 3 is 2.46 bits per heavy atom. The molecular weight excluding hydrogens is 376 g/mol. The van der Waals surface area contributed by atoms with E-state index >= 15 is 0 Å². The van der Waals surface area contributed by atoms with Crippen molar-refractivity contribution in [3.8, 4) is 5.75 Å². The second-order valence-corrected chi connectivity index (χ2v) is 9.11. The highest BCUT2D eigenvalue weighted by Crippen LogP contribution is 2.37. The quantitative estimate of drug-likeness (QED) is 0.833. The van der Waals surface area contributed by atoms with Gasteiger partial charge in [-0.1, -0.05) is 30.7 Å². The molecule has 0 radical (unpaired) electrons. The summed E-state index contributed by atoms with van der Waals surface area (Å²) >= 11 is 0. The monoisotopic (exact) mass is 402 g/mol. The van der Waals surface area contributed by atoms with E-state index in [4.69, 9.17) is 4.74 Å². The summed E-state index contributed by atoms with van der Waals surface area (Å²) in [5.74, 6) is 0.0804. The predicted molar refractivity (Wildman–Crippen MR) is 109 cm³/mol. The Morgan fingerprint density at radius 2 is 1.82 bits per heavy atom. The minimum atomic E-state index is -3.83. The van der Waals surface area contributed by atoms with Gasteiger partial charge in [0.25, 0.3) is 15.9 Å². The number of amides is 1. The van der Waals surface area contributed by atoms with Crippen molar-refractivity contribution in [1.29, 1.82) is 0 Å². The van der Waals surface area contributed by atoms with Crippen LogP contribution in [0.15, 0.2) is 47.4 Å². The van der Waals surface area contributed by atoms with Crippen LogP contribution < -0.4 is 14.4 Å². The van der Waals surface area contributed by atoms with Crippen molar-refractivity contribution in [2.45, 2.75) is 51.2 Å². The lowest BCUT2D eigenvalue weighted by Gasteiger charge is -2.35. The Morgan fingerprint density at radius 1 is 1.18 bits per heavy atom. The molecule has 1 amide bonds. The van der Waals surface area contributed by atoms with Crippen molar-refractivity contribution in [3.63, 3.8) is 0 Å². The first-order valence-corrected chi connectivity index (χ1v) is 10.8. The first kappa shape index (κ1) is 20.2. The molecule has 0 aromatic heterocycles. The summed E-state index contributed by atoms with van der Waals surface area (Å²) in [6.07, 6.45) is -0.136. The SMILES string of the molecule is CC[C@@H](C)NC(=O)[C@H]1CN(S(=O)(=O)c2ccc(C)cc2)c2ccc(C)cc2O1. The van der Waals surface area contributed by atoms with Crippen LogP contribution in [-0.4, -0.2) is 33.0 Å². The minimum absolute atomic E-state index is 0.0165. The third-order valence-corrected chi connectivity index (χ3v) is 6.68. The Hall–Kier alpha value is -2.54. The van der Waals surface area contributed by atoms with Crippen molar-refractivity contribution in [3.05, 3.63) is 53.6 Å². The van der Waals surface area contributed by atoms with Gasteiger partial charge in [-0.2, -0.15) is 0 Å². The zero-order valence-electron chi connectivity index (χ0n) is 16.6. The topological polar surface area (TPSA) is 75.7 Å². The van der Waals surface area contributed by atoms with E-state index in [1.54, 1.807) is 36.4 Å². The number of nitrogens with zero attached hydrogens (tertiary/aromatic N) is 1. The van der Waals surface area contributed by atoms with E-state index < -0.39 is 16.1 Å². The summed E-state index contributed by atoms with van der Waals surface area (Å²) in [5.41, 5.74) is 2.34. The molecule has 2 aromatic carbocycles. The van der Waals surface area contributed by atoms with E-state index in [0.717, 1.165) is 17.5 Å². The van der Waals surface area contributed by atoms with Crippen LogP contribution in [0.3, 0.4) is 0 Å². The minimum Gasteiger partial charge on any atom is -0.476 e. The number of benzene rings is 2. The van der Waals surface area contributed by atoms with Gasteiger partial charge in [-0.3, -0.25) is 9.10 Å². The van der Waals surface area contributed by atoms with Gasteiger partial charge in [0.05, 0.1) is 17.1 Å².